The zero-order chi connectivity index (χ0) is 13.7. The van der Waals surface area contributed by atoms with Crippen molar-refractivity contribution in [1.82, 2.24) is 5.32 Å². The molecule has 1 amide bonds. The number of hydrogen-bond acceptors (Lipinski definition) is 3. The highest BCUT2D eigenvalue weighted by Crippen LogP contribution is 2.17. The van der Waals surface area contributed by atoms with Crippen molar-refractivity contribution >= 4 is 11.6 Å². The fraction of sp³-hybridized carbons (Fsp3) is 0.533. The number of benzene rings is 1. The highest BCUT2D eigenvalue weighted by molar-refractivity contribution is 5.88. The van der Waals surface area contributed by atoms with Crippen LogP contribution in [0, 0.1) is 5.92 Å². The van der Waals surface area contributed by atoms with Gasteiger partial charge >= 0.3 is 0 Å². The van der Waals surface area contributed by atoms with Gasteiger partial charge in [-0.3, -0.25) is 4.79 Å². The molecule has 4 nitrogen and oxygen atoms in total. The van der Waals surface area contributed by atoms with Crippen LogP contribution in [-0.4, -0.2) is 25.2 Å². The van der Waals surface area contributed by atoms with Gasteiger partial charge in [-0.1, -0.05) is 12.1 Å². The largest absolute Gasteiger partial charge is 0.381 e. The van der Waals surface area contributed by atoms with Crippen LogP contribution in [0.1, 0.15) is 25.8 Å². The third-order valence-electron chi connectivity index (χ3n) is 3.57. The quantitative estimate of drug-likeness (QED) is 0.855. The fourth-order valence-electron chi connectivity index (χ4n) is 2.30. The van der Waals surface area contributed by atoms with Gasteiger partial charge in [0, 0.05) is 31.8 Å². The normalized spacial score (nSPS) is 20.2. The van der Waals surface area contributed by atoms with E-state index in [1.807, 2.05) is 24.3 Å². The lowest BCUT2D eigenvalue weighted by Crippen LogP contribution is -2.33. The monoisotopic (exact) mass is 262 g/mol. The van der Waals surface area contributed by atoms with Crippen LogP contribution >= 0.6 is 0 Å². The number of nitrogens with one attached hydrogen (secondary N) is 2. The molecule has 0 saturated carbocycles. The molecule has 0 bridgehead atoms. The van der Waals surface area contributed by atoms with Crippen molar-refractivity contribution in [2.75, 3.05) is 18.5 Å². The second-order valence-electron chi connectivity index (χ2n) is 5.17. The molecule has 2 atom stereocenters. The predicted octanol–water partition coefficient (Wildman–Crippen LogP) is 2.16. The second-order valence-corrected chi connectivity index (χ2v) is 5.17. The maximum Gasteiger partial charge on any atom is 0.221 e. The van der Waals surface area contributed by atoms with E-state index in [0.29, 0.717) is 12.0 Å². The van der Waals surface area contributed by atoms with Crippen LogP contribution in [0.3, 0.4) is 0 Å². The van der Waals surface area contributed by atoms with Gasteiger partial charge in [0.25, 0.3) is 0 Å². The summed E-state index contributed by atoms with van der Waals surface area (Å²) in [6.45, 7) is 6.33. The van der Waals surface area contributed by atoms with Crippen molar-refractivity contribution in [3.8, 4) is 0 Å². The summed E-state index contributed by atoms with van der Waals surface area (Å²) in [5, 5.41) is 6.30. The zero-order valence-electron chi connectivity index (χ0n) is 11.6. The Hall–Kier alpha value is -1.39. The standard InChI is InChI=1S/C15H22N2O2/c1-11(14-7-8-19-10-14)16-9-13-3-5-15(6-4-13)17-12(2)18/h3-6,11,14,16H,7-10H2,1-2H3,(H,17,18). The van der Waals surface area contributed by atoms with E-state index in [0.717, 1.165) is 31.9 Å². The third-order valence-corrected chi connectivity index (χ3v) is 3.57. The molecule has 1 aliphatic heterocycles. The Morgan fingerprint density at radius 2 is 2.16 bits per heavy atom. The Morgan fingerprint density at radius 1 is 1.42 bits per heavy atom. The molecule has 4 heteroatoms. The van der Waals surface area contributed by atoms with E-state index in [-0.39, 0.29) is 5.91 Å². The van der Waals surface area contributed by atoms with Crippen molar-refractivity contribution < 1.29 is 9.53 Å². The minimum absolute atomic E-state index is 0.0410. The third kappa shape index (κ3) is 4.33. The molecule has 1 aromatic rings. The summed E-state index contributed by atoms with van der Waals surface area (Å²) in [6.07, 6.45) is 1.15. The maximum atomic E-state index is 10.9. The molecular weight excluding hydrogens is 240 g/mol. The molecule has 1 fully saturated rings. The Labute approximate surface area is 114 Å². The summed E-state index contributed by atoms with van der Waals surface area (Å²) in [5.41, 5.74) is 2.06. The minimum atomic E-state index is -0.0410. The molecule has 0 radical (unpaired) electrons. The lowest BCUT2D eigenvalue weighted by molar-refractivity contribution is -0.114. The van der Waals surface area contributed by atoms with E-state index >= 15 is 0 Å². The number of ether oxygens (including phenoxy) is 1. The Balaban J connectivity index is 1.80. The van der Waals surface area contributed by atoms with Gasteiger partial charge in [0.15, 0.2) is 0 Å². The smallest absolute Gasteiger partial charge is 0.221 e. The van der Waals surface area contributed by atoms with Gasteiger partial charge in [0.05, 0.1) is 6.61 Å². The molecule has 2 N–H and O–H groups in total. The first-order valence-corrected chi connectivity index (χ1v) is 6.83. The topological polar surface area (TPSA) is 50.4 Å². The van der Waals surface area contributed by atoms with Crippen molar-refractivity contribution in [2.45, 2.75) is 32.9 Å². The van der Waals surface area contributed by atoms with E-state index < -0.39 is 0 Å². The summed E-state index contributed by atoms with van der Waals surface area (Å²) in [6, 6.07) is 8.41. The molecule has 1 saturated heterocycles. The van der Waals surface area contributed by atoms with E-state index in [1.54, 1.807) is 0 Å². The molecule has 2 unspecified atom stereocenters. The van der Waals surface area contributed by atoms with Gasteiger partial charge in [-0.2, -0.15) is 0 Å². The molecule has 104 valence electrons. The number of amides is 1. The first kappa shape index (κ1) is 14.0. The predicted molar refractivity (Wildman–Crippen MR) is 76.0 cm³/mol. The molecule has 0 aromatic heterocycles. The second kappa shape index (κ2) is 6.68. The summed E-state index contributed by atoms with van der Waals surface area (Å²) >= 11 is 0. The highest BCUT2D eigenvalue weighted by Gasteiger charge is 2.21. The zero-order valence-corrected chi connectivity index (χ0v) is 11.6. The number of carbonyl (C=O) groups is 1. The number of carbonyl (C=O) groups excluding carboxylic acids is 1. The van der Waals surface area contributed by atoms with E-state index in [2.05, 4.69) is 17.6 Å². The van der Waals surface area contributed by atoms with Gasteiger partial charge in [0.1, 0.15) is 0 Å². The van der Waals surface area contributed by atoms with Crippen molar-refractivity contribution in [1.29, 1.82) is 0 Å². The summed E-state index contributed by atoms with van der Waals surface area (Å²) in [4.78, 5) is 10.9. The first-order chi connectivity index (χ1) is 9.15. The summed E-state index contributed by atoms with van der Waals surface area (Å²) < 4.78 is 5.40. The molecule has 1 heterocycles. The van der Waals surface area contributed by atoms with Crippen LogP contribution in [0.5, 0.6) is 0 Å². The van der Waals surface area contributed by atoms with Crippen molar-refractivity contribution in [3.63, 3.8) is 0 Å². The van der Waals surface area contributed by atoms with Crippen LogP contribution in [0.25, 0.3) is 0 Å². The molecule has 19 heavy (non-hydrogen) atoms. The summed E-state index contributed by atoms with van der Waals surface area (Å²) in [5.74, 6) is 0.583. The average Bonchev–Trinajstić information content (AvgIpc) is 2.91. The van der Waals surface area contributed by atoms with Gasteiger partial charge in [-0.25, -0.2) is 0 Å². The average molecular weight is 262 g/mol. The van der Waals surface area contributed by atoms with Crippen LogP contribution in [0.15, 0.2) is 24.3 Å². The molecule has 1 aliphatic rings. The Morgan fingerprint density at radius 3 is 2.74 bits per heavy atom. The molecule has 2 rings (SSSR count). The molecule has 1 aromatic carbocycles. The maximum absolute atomic E-state index is 10.9. The highest BCUT2D eigenvalue weighted by atomic mass is 16.5. The number of rotatable bonds is 5. The van der Waals surface area contributed by atoms with Gasteiger partial charge in [0.2, 0.25) is 5.91 Å². The van der Waals surface area contributed by atoms with Gasteiger partial charge in [-0.15, -0.1) is 0 Å². The first-order valence-electron chi connectivity index (χ1n) is 6.83. The molecule has 0 aliphatic carbocycles. The van der Waals surface area contributed by atoms with Gasteiger partial charge in [-0.05, 0) is 37.0 Å². The molecule has 0 spiro atoms. The lowest BCUT2D eigenvalue weighted by Gasteiger charge is -2.19. The van der Waals surface area contributed by atoms with Crippen molar-refractivity contribution in [3.05, 3.63) is 29.8 Å². The van der Waals surface area contributed by atoms with Gasteiger partial charge < -0.3 is 15.4 Å². The SMILES string of the molecule is CC(=O)Nc1ccc(CNC(C)C2CCOC2)cc1. The number of anilines is 1. The van der Waals surface area contributed by atoms with E-state index in [9.17, 15) is 4.79 Å². The van der Waals surface area contributed by atoms with Crippen LogP contribution in [0.2, 0.25) is 0 Å². The number of hydrogen-bond donors (Lipinski definition) is 2. The Kier molecular flexibility index (Phi) is 4.93. The Bertz CT molecular complexity index is 411. The van der Waals surface area contributed by atoms with E-state index in [1.165, 1.54) is 12.5 Å². The molecular formula is C15H22N2O2. The fourth-order valence-corrected chi connectivity index (χ4v) is 2.30. The van der Waals surface area contributed by atoms with Crippen LogP contribution < -0.4 is 10.6 Å². The van der Waals surface area contributed by atoms with Crippen LogP contribution in [0.4, 0.5) is 5.69 Å². The summed E-state index contributed by atoms with van der Waals surface area (Å²) in [7, 11) is 0. The van der Waals surface area contributed by atoms with E-state index in [4.69, 9.17) is 4.74 Å². The van der Waals surface area contributed by atoms with Crippen molar-refractivity contribution in [2.24, 2.45) is 5.92 Å². The van der Waals surface area contributed by atoms with Crippen LogP contribution in [-0.2, 0) is 16.1 Å². The lowest BCUT2D eigenvalue weighted by atomic mass is 10.0. The minimum Gasteiger partial charge on any atom is -0.381 e.